The number of nitrogens with zero attached hydrogens (tertiary/aromatic N) is 2. The average Bonchev–Trinajstić information content (AvgIpc) is 2.32. The molecule has 0 unspecified atom stereocenters. The molecule has 0 saturated heterocycles. The van der Waals surface area contributed by atoms with Crippen LogP contribution in [0, 0.1) is 12.7 Å². The van der Waals surface area contributed by atoms with E-state index in [9.17, 15) is 4.39 Å². The molecule has 18 heavy (non-hydrogen) atoms. The number of anilines is 1. The molecule has 1 aromatic heterocycles. The predicted octanol–water partition coefficient (Wildman–Crippen LogP) is 3.51. The maximum absolute atomic E-state index is 13.5. The zero-order chi connectivity index (χ0) is 13.0. The van der Waals surface area contributed by atoms with E-state index in [0.717, 1.165) is 17.4 Å². The van der Waals surface area contributed by atoms with Gasteiger partial charge in [-0.15, -0.1) is 0 Å². The molecule has 5 heteroatoms. The molecule has 0 radical (unpaired) electrons. The molecule has 2 rings (SSSR count). The largest absolute Gasteiger partial charge is 0.370 e. The second kappa shape index (κ2) is 5.82. The molecule has 1 N–H and O–H groups in total. The van der Waals surface area contributed by atoms with Crippen molar-refractivity contribution in [3.05, 3.63) is 42.0 Å². The number of nitrogens with one attached hydrogen (secondary N) is 1. The first-order valence-corrected chi connectivity index (χ1v) is 6.52. The summed E-state index contributed by atoms with van der Waals surface area (Å²) in [5.41, 5.74) is 0. The Morgan fingerprint density at radius 3 is 2.78 bits per heavy atom. The molecule has 2 aromatic rings. The zero-order valence-corrected chi connectivity index (χ0v) is 11.1. The van der Waals surface area contributed by atoms with Crippen molar-refractivity contribution in [3.8, 4) is 0 Å². The van der Waals surface area contributed by atoms with E-state index in [-0.39, 0.29) is 5.82 Å². The van der Waals surface area contributed by atoms with Gasteiger partial charge in [0, 0.05) is 17.5 Å². The first-order chi connectivity index (χ1) is 8.69. The Bertz CT molecular complexity index is 546. The van der Waals surface area contributed by atoms with Gasteiger partial charge < -0.3 is 5.32 Å². The summed E-state index contributed by atoms with van der Waals surface area (Å²) in [4.78, 5) is 9.12. The molecule has 0 fully saturated rings. The topological polar surface area (TPSA) is 37.8 Å². The van der Waals surface area contributed by atoms with Gasteiger partial charge in [0.1, 0.15) is 22.5 Å². The number of hydrogen-bond donors (Lipinski definition) is 1. The van der Waals surface area contributed by atoms with Crippen molar-refractivity contribution in [3.63, 3.8) is 0 Å². The van der Waals surface area contributed by atoms with E-state index in [1.807, 2.05) is 26.0 Å². The van der Waals surface area contributed by atoms with Crippen LogP contribution in [0.5, 0.6) is 0 Å². The number of benzene rings is 1. The van der Waals surface area contributed by atoms with Gasteiger partial charge in [-0.3, -0.25) is 0 Å². The van der Waals surface area contributed by atoms with E-state index in [4.69, 9.17) is 0 Å². The Morgan fingerprint density at radius 2 is 2.06 bits per heavy atom. The van der Waals surface area contributed by atoms with Crippen LogP contribution in [0.1, 0.15) is 12.7 Å². The summed E-state index contributed by atoms with van der Waals surface area (Å²) in [6.07, 6.45) is 0. The summed E-state index contributed by atoms with van der Waals surface area (Å²) in [5.74, 6) is 1.21. The highest BCUT2D eigenvalue weighted by atomic mass is 32.2. The lowest BCUT2D eigenvalue weighted by molar-refractivity contribution is 0.602. The minimum atomic E-state index is -0.233. The third-order valence-electron chi connectivity index (χ3n) is 2.22. The van der Waals surface area contributed by atoms with Gasteiger partial charge in [-0.25, -0.2) is 14.4 Å². The van der Waals surface area contributed by atoms with Crippen LogP contribution in [0.4, 0.5) is 10.2 Å². The van der Waals surface area contributed by atoms with Crippen LogP contribution in [0.2, 0.25) is 0 Å². The van der Waals surface area contributed by atoms with Crippen LogP contribution < -0.4 is 5.32 Å². The normalized spacial score (nSPS) is 10.4. The Balaban J connectivity index is 2.26. The molecule has 0 aliphatic heterocycles. The predicted molar refractivity (Wildman–Crippen MR) is 71.5 cm³/mol. The van der Waals surface area contributed by atoms with Crippen molar-refractivity contribution in [2.45, 2.75) is 23.8 Å². The van der Waals surface area contributed by atoms with Gasteiger partial charge in [-0.05, 0) is 26.0 Å². The molecule has 0 aliphatic carbocycles. The third kappa shape index (κ3) is 3.20. The Morgan fingerprint density at radius 1 is 1.28 bits per heavy atom. The van der Waals surface area contributed by atoms with E-state index >= 15 is 0 Å². The summed E-state index contributed by atoms with van der Waals surface area (Å²) >= 11 is 1.30. The summed E-state index contributed by atoms with van der Waals surface area (Å²) in [5, 5.41) is 3.87. The third-order valence-corrected chi connectivity index (χ3v) is 3.19. The molecule has 0 atom stereocenters. The molecular formula is C13H14FN3S. The monoisotopic (exact) mass is 263 g/mol. The molecular weight excluding hydrogens is 249 g/mol. The van der Waals surface area contributed by atoms with Gasteiger partial charge in [0.25, 0.3) is 0 Å². The van der Waals surface area contributed by atoms with E-state index in [1.165, 1.54) is 17.8 Å². The maximum Gasteiger partial charge on any atom is 0.137 e. The van der Waals surface area contributed by atoms with E-state index < -0.39 is 0 Å². The number of aryl methyl sites for hydroxylation is 1. The van der Waals surface area contributed by atoms with Crippen LogP contribution in [0.15, 0.2) is 40.3 Å². The lowest BCUT2D eigenvalue weighted by Crippen LogP contribution is -2.02. The molecule has 0 bridgehead atoms. The maximum atomic E-state index is 13.5. The number of aromatic nitrogens is 2. The van der Waals surface area contributed by atoms with Gasteiger partial charge in [0.2, 0.25) is 0 Å². The van der Waals surface area contributed by atoms with Crippen molar-refractivity contribution >= 4 is 17.6 Å². The van der Waals surface area contributed by atoms with Gasteiger partial charge in [-0.1, -0.05) is 23.9 Å². The highest BCUT2D eigenvalue weighted by Crippen LogP contribution is 2.29. The van der Waals surface area contributed by atoms with Gasteiger partial charge in [-0.2, -0.15) is 0 Å². The highest BCUT2D eigenvalue weighted by Gasteiger charge is 2.06. The molecule has 1 heterocycles. The SMILES string of the molecule is CCNc1cc(Sc2ccccc2F)nc(C)n1. The fraction of sp³-hybridized carbons (Fsp3) is 0.231. The lowest BCUT2D eigenvalue weighted by Gasteiger charge is -2.07. The van der Waals surface area contributed by atoms with Crippen LogP contribution in [0.25, 0.3) is 0 Å². The highest BCUT2D eigenvalue weighted by molar-refractivity contribution is 7.99. The smallest absolute Gasteiger partial charge is 0.137 e. The second-order valence-electron chi connectivity index (χ2n) is 3.70. The standard InChI is InChI=1S/C13H14FN3S/c1-3-15-12-8-13(17-9(2)16-12)18-11-7-5-4-6-10(11)14/h4-8H,3H2,1-2H3,(H,15,16,17). The number of halogens is 1. The fourth-order valence-electron chi connectivity index (χ4n) is 1.50. The Kier molecular flexibility index (Phi) is 4.15. The summed E-state index contributed by atoms with van der Waals surface area (Å²) < 4.78 is 13.5. The van der Waals surface area contributed by atoms with Gasteiger partial charge in [0.05, 0.1) is 0 Å². The quantitative estimate of drug-likeness (QED) is 0.857. The minimum Gasteiger partial charge on any atom is -0.370 e. The molecule has 0 spiro atoms. The van der Waals surface area contributed by atoms with Crippen molar-refractivity contribution < 1.29 is 4.39 Å². The molecule has 1 aromatic carbocycles. The van der Waals surface area contributed by atoms with Gasteiger partial charge >= 0.3 is 0 Å². The lowest BCUT2D eigenvalue weighted by atomic mass is 10.3. The molecule has 0 amide bonds. The first-order valence-electron chi connectivity index (χ1n) is 5.71. The number of hydrogen-bond acceptors (Lipinski definition) is 4. The van der Waals surface area contributed by atoms with Crippen molar-refractivity contribution in [1.29, 1.82) is 0 Å². The second-order valence-corrected chi connectivity index (χ2v) is 4.76. The first kappa shape index (κ1) is 12.8. The van der Waals surface area contributed by atoms with E-state index in [1.54, 1.807) is 12.1 Å². The van der Waals surface area contributed by atoms with Crippen molar-refractivity contribution in [2.24, 2.45) is 0 Å². The zero-order valence-electron chi connectivity index (χ0n) is 10.3. The van der Waals surface area contributed by atoms with Crippen LogP contribution >= 0.6 is 11.8 Å². The summed E-state index contributed by atoms with van der Waals surface area (Å²) in [6.45, 7) is 4.62. The molecule has 0 aliphatic rings. The van der Waals surface area contributed by atoms with Crippen LogP contribution in [-0.4, -0.2) is 16.5 Å². The molecule has 94 valence electrons. The summed E-state index contributed by atoms with van der Waals surface area (Å²) in [6, 6.07) is 8.50. The van der Waals surface area contributed by atoms with E-state index in [0.29, 0.717) is 10.7 Å². The van der Waals surface area contributed by atoms with Crippen molar-refractivity contribution in [1.82, 2.24) is 9.97 Å². The minimum absolute atomic E-state index is 0.233. The van der Waals surface area contributed by atoms with Crippen LogP contribution in [-0.2, 0) is 0 Å². The van der Waals surface area contributed by atoms with Crippen molar-refractivity contribution in [2.75, 3.05) is 11.9 Å². The van der Waals surface area contributed by atoms with E-state index in [2.05, 4.69) is 15.3 Å². The average molecular weight is 263 g/mol. The number of rotatable bonds is 4. The molecule has 3 nitrogen and oxygen atoms in total. The van der Waals surface area contributed by atoms with Gasteiger partial charge in [0.15, 0.2) is 0 Å². The Hall–Kier alpha value is -1.62. The van der Waals surface area contributed by atoms with Crippen LogP contribution in [0.3, 0.4) is 0 Å². The molecule has 0 saturated carbocycles. The Labute approximate surface area is 110 Å². The summed E-state index contributed by atoms with van der Waals surface area (Å²) in [7, 11) is 0. The fourth-order valence-corrected chi connectivity index (χ4v) is 2.39.